The summed E-state index contributed by atoms with van der Waals surface area (Å²) in [5, 5.41) is 6.03. The molecule has 1 aliphatic rings. The van der Waals surface area contributed by atoms with Gasteiger partial charge in [0.25, 0.3) is 5.56 Å². The maximum absolute atomic E-state index is 11.4. The van der Waals surface area contributed by atoms with E-state index in [0.717, 1.165) is 24.3 Å². The second-order valence-corrected chi connectivity index (χ2v) is 3.39. The zero-order valence-corrected chi connectivity index (χ0v) is 7.35. The molecular weight excluding hydrogens is 154 g/mol. The number of H-pyrrole nitrogens is 1. The average molecular weight is 167 g/mol. The predicted molar refractivity (Wildman–Crippen MR) is 46.2 cm³/mol. The van der Waals surface area contributed by atoms with Crippen LogP contribution in [0.1, 0.15) is 24.1 Å². The Balaban J connectivity index is 2.63. The van der Waals surface area contributed by atoms with Gasteiger partial charge in [0.2, 0.25) is 0 Å². The lowest BCUT2D eigenvalue weighted by Gasteiger charge is -2.19. The Labute approximate surface area is 70.6 Å². The van der Waals surface area contributed by atoms with Gasteiger partial charge in [0.05, 0.1) is 5.69 Å². The third-order valence-corrected chi connectivity index (χ3v) is 2.47. The number of nitrogens with zero attached hydrogens (tertiary/aromatic N) is 1. The zero-order valence-electron chi connectivity index (χ0n) is 7.35. The summed E-state index contributed by atoms with van der Waals surface area (Å²) in [6, 6.07) is 0. The minimum Gasteiger partial charge on any atom is -0.311 e. The molecule has 0 saturated carbocycles. The first-order chi connectivity index (χ1) is 5.70. The zero-order chi connectivity index (χ0) is 8.72. The van der Waals surface area contributed by atoms with Crippen molar-refractivity contribution < 1.29 is 0 Å². The summed E-state index contributed by atoms with van der Waals surface area (Å²) in [5.74, 6) is 0.332. The molecule has 0 saturated heterocycles. The quantitative estimate of drug-likeness (QED) is 0.568. The van der Waals surface area contributed by atoms with Crippen LogP contribution in [0.15, 0.2) is 4.79 Å². The molecule has 0 fully saturated rings. The smallest absolute Gasteiger partial charge is 0.267 e. The minimum absolute atomic E-state index is 0.0708. The molecule has 66 valence electrons. The van der Waals surface area contributed by atoms with Gasteiger partial charge < -0.3 is 5.32 Å². The molecular formula is C8H13N3O. The summed E-state index contributed by atoms with van der Waals surface area (Å²) in [4.78, 5) is 11.4. The lowest BCUT2D eigenvalue weighted by Crippen LogP contribution is -2.29. The van der Waals surface area contributed by atoms with Crippen LogP contribution in [0.25, 0.3) is 0 Å². The Morgan fingerprint density at radius 3 is 3.00 bits per heavy atom. The molecule has 2 heterocycles. The summed E-state index contributed by atoms with van der Waals surface area (Å²) in [6.45, 7) is 3.77. The van der Waals surface area contributed by atoms with E-state index in [9.17, 15) is 4.79 Å². The molecule has 2 N–H and O–H groups in total. The molecule has 4 nitrogen and oxygen atoms in total. The monoisotopic (exact) mass is 167 g/mol. The highest BCUT2D eigenvalue weighted by molar-refractivity contribution is 5.24. The van der Waals surface area contributed by atoms with Gasteiger partial charge in [0.15, 0.2) is 0 Å². The normalized spacial score (nSPS) is 22.3. The van der Waals surface area contributed by atoms with Gasteiger partial charge in [-0.05, 0) is 0 Å². The first kappa shape index (κ1) is 7.61. The van der Waals surface area contributed by atoms with Crippen molar-refractivity contribution in [1.29, 1.82) is 0 Å². The van der Waals surface area contributed by atoms with Crippen LogP contribution < -0.4 is 10.9 Å². The van der Waals surface area contributed by atoms with Crippen LogP contribution in [0.5, 0.6) is 0 Å². The number of aromatic nitrogens is 2. The largest absolute Gasteiger partial charge is 0.311 e. The topological polar surface area (TPSA) is 49.8 Å². The number of hydrogen-bond donors (Lipinski definition) is 2. The Bertz CT molecular complexity index is 350. The summed E-state index contributed by atoms with van der Waals surface area (Å²) < 4.78 is 1.81. The Morgan fingerprint density at radius 2 is 2.33 bits per heavy atom. The van der Waals surface area contributed by atoms with Crippen molar-refractivity contribution in [1.82, 2.24) is 15.1 Å². The van der Waals surface area contributed by atoms with E-state index in [4.69, 9.17) is 0 Å². The minimum atomic E-state index is 0.0708. The van der Waals surface area contributed by atoms with Crippen molar-refractivity contribution in [3.8, 4) is 0 Å². The molecule has 1 aliphatic heterocycles. The highest BCUT2D eigenvalue weighted by Gasteiger charge is 2.22. The molecule has 0 spiro atoms. The van der Waals surface area contributed by atoms with Gasteiger partial charge in [-0.3, -0.25) is 14.6 Å². The van der Waals surface area contributed by atoms with Crippen LogP contribution in [0, 0.1) is 0 Å². The van der Waals surface area contributed by atoms with E-state index in [2.05, 4.69) is 17.3 Å². The SMILES string of the molecule is C[C@@H]1CNCc2c1c(=O)[nH]n2C. The van der Waals surface area contributed by atoms with E-state index in [1.54, 1.807) is 4.68 Å². The van der Waals surface area contributed by atoms with Crippen LogP contribution in [0.4, 0.5) is 0 Å². The molecule has 0 amide bonds. The number of aromatic amines is 1. The number of aryl methyl sites for hydroxylation is 1. The summed E-state index contributed by atoms with van der Waals surface area (Å²) in [6.07, 6.45) is 0. The van der Waals surface area contributed by atoms with E-state index in [1.165, 1.54) is 0 Å². The lowest BCUT2D eigenvalue weighted by molar-refractivity contribution is 0.542. The molecule has 0 radical (unpaired) electrons. The fourth-order valence-electron chi connectivity index (χ4n) is 1.82. The Hall–Kier alpha value is -1.03. The Kier molecular flexibility index (Phi) is 1.58. The Morgan fingerprint density at radius 1 is 1.58 bits per heavy atom. The number of fused-ring (bicyclic) bond motifs is 1. The summed E-state index contributed by atoms with van der Waals surface area (Å²) in [5.41, 5.74) is 2.12. The van der Waals surface area contributed by atoms with E-state index in [0.29, 0.717) is 5.92 Å². The van der Waals surface area contributed by atoms with E-state index < -0.39 is 0 Å². The van der Waals surface area contributed by atoms with Crippen molar-refractivity contribution in [3.05, 3.63) is 21.6 Å². The van der Waals surface area contributed by atoms with Crippen LogP contribution >= 0.6 is 0 Å². The van der Waals surface area contributed by atoms with E-state index >= 15 is 0 Å². The van der Waals surface area contributed by atoms with Crippen LogP contribution in [-0.2, 0) is 13.6 Å². The third-order valence-electron chi connectivity index (χ3n) is 2.47. The lowest BCUT2D eigenvalue weighted by atomic mass is 9.98. The van der Waals surface area contributed by atoms with Gasteiger partial charge in [0, 0.05) is 31.6 Å². The average Bonchev–Trinajstić information content (AvgIpc) is 2.29. The van der Waals surface area contributed by atoms with Crippen LogP contribution in [0.2, 0.25) is 0 Å². The second kappa shape index (κ2) is 2.48. The predicted octanol–water partition coefficient (Wildman–Crippen LogP) is -0.0799. The van der Waals surface area contributed by atoms with Gasteiger partial charge >= 0.3 is 0 Å². The number of rotatable bonds is 0. The highest BCUT2D eigenvalue weighted by atomic mass is 16.1. The van der Waals surface area contributed by atoms with E-state index in [1.807, 2.05) is 7.05 Å². The van der Waals surface area contributed by atoms with Gasteiger partial charge in [0.1, 0.15) is 0 Å². The maximum Gasteiger partial charge on any atom is 0.267 e. The van der Waals surface area contributed by atoms with Gasteiger partial charge in [-0.1, -0.05) is 6.92 Å². The standard InChI is InChI=1S/C8H13N3O/c1-5-3-9-4-6-7(5)8(12)10-11(6)2/h5,9H,3-4H2,1-2H3,(H,10,12)/t5-/m1/s1. The molecule has 0 aromatic carbocycles. The van der Waals surface area contributed by atoms with Gasteiger partial charge in [-0.25, -0.2) is 0 Å². The fourth-order valence-corrected chi connectivity index (χ4v) is 1.82. The first-order valence-electron chi connectivity index (χ1n) is 4.18. The molecule has 0 unspecified atom stereocenters. The third kappa shape index (κ3) is 0.914. The maximum atomic E-state index is 11.4. The number of nitrogens with one attached hydrogen (secondary N) is 2. The summed E-state index contributed by atoms with van der Waals surface area (Å²) >= 11 is 0. The van der Waals surface area contributed by atoms with Crippen LogP contribution in [0.3, 0.4) is 0 Å². The molecule has 1 aromatic rings. The summed E-state index contributed by atoms with van der Waals surface area (Å²) in [7, 11) is 1.87. The molecule has 0 aliphatic carbocycles. The van der Waals surface area contributed by atoms with Crippen molar-refractivity contribution in [3.63, 3.8) is 0 Å². The van der Waals surface area contributed by atoms with Crippen molar-refractivity contribution in [2.75, 3.05) is 6.54 Å². The van der Waals surface area contributed by atoms with Gasteiger partial charge in [-0.2, -0.15) is 0 Å². The fraction of sp³-hybridized carbons (Fsp3) is 0.625. The van der Waals surface area contributed by atoms with Crippen molar-refractivity contribution in [2.24, 2.45) is 7.05 Å². The highest BCUT2D eigenvalue weighted by Crippen LogP contribution is 2.18. The van der Waals surface area contributed by atoms with Crippen molar-refractivity contribution >= 4 is 0 Å². The second-order valence-electron chi connectivity index (χ2n) is 3.39. The van der Waals surface area contributed by atoms with Gasteiger partial charge in [-0.15, -0.1) is 0 Å². The molecule has 1 aromatic heterocycles. The van der Waals surface area contributed by atoms with Crippen LogP contribution in [-0.4, -0.2) is 16.3 Å². The number of hydrogen-bond acceptors (Lipinski definition) is 2. The van der Waals surface area contributed by atoms with Crippen molar-refractivity contribution in [2.45, 2.75) is 19.4 Å². The molecule has 2 rings (SSSR count). The molecule has 4 heteroatoms. The van der Waals surface area contributed by atoms with E-state index in [-0.39, 0.29) is 5.56 Å². The molecule has 1 atom stereocenters. The first-order valence-corrected chi connectivity index (χ1v) is 4.18. The molecule has 12 heavy (non-hydrogen) atoms. The molecule has 0 bridgehead atoms.